The maximum Gasteiger partial charge on any atom is 0.234 e. The first kappa shape index (κ1) is 14.9. The molecule has 1 aliphatic rings. The van der Waals surface area contributed by atoms with Crippen molar-refractivity contribution in [1.29, 1.82) is 0 Å². The second-order valence-corrected chi connectivity index (χ2v) is 4.78. The molecule has 110 valence electrons. The largest absolute Gasteiger partial charge is 0.368 e. The number of primary amides is 1. The number of likely N-dealkylation sites (N-methyl/N-ethyl adjacent to an activating group) is 1. The molecule has 0 aromatic heterocycles. The van der Waals surface area contributed by atoms with E-state index in [1.165, 1.54) is 5.06 Å². The Bertz CT molecular complexity index is 441. The Hall–Kier alpha value is -1.47. The first-order chi connectivity index (χ1) is 9.63. The number of nitrogens with two attached hydrogens (primary N) is 1. The quantitative estimate of drug-likeness (QED) is 0.809. The van der Waals surface area contributed by atoms with Crippen molar-refractivity contribution in [2.45, 2.75) is 32.3 Å². The van der Waals surface area contributed by atoms with E-state index in [9.17, 15) is 9.90 Å². The normalized spacial score (nSPS) is 24.7. The average Bonchev–Trinajstić information content (AvgIpc) is 2.46. The van der Waals surface area contributed by atoms with Crippen molar-refractivity contribution in [3.8, 4) is 0 Å². The Morgan fingerprint density at radius 2 is 2.15 bits per heavy atom. The lowest BCUT2D eigenvalue weighted by atomic mass is 10.1. The van der Waals surface area contributed by atoms with E-state index in [4.69, 9.17) is 10.6 Å². The third-order valence-electron chi connectivity index (χ3n) is 3.51. The van der Waals surface area contributed by atoms with Gasteiger partial charge in [-0.05, 0) is 18.5 Å². The highest BCUT2D eigenvalue weighted by Gasteiger charge is 2.37. The third kappa shape index (κ3) is 3.34. The number of rotatable bonds is 5. The summed E-state index contributed by atoms with van der Waals surface area (Å²) in [5, 5.41) is 11.7. The molecule has 2 unspecified atom stereocenters. The van der Waals surface area contributed by atoms with Gasteiger partial charge in [0.1, 0.15) is 0 Å². The van der Waals surface area contributed by atoms with Crippen LogP contribution in [0.1, 0.15) is 18.9 Å². The molecule has 0 bridgehead atoms. The van der Waals surface area contributed by atoms with Crippen LogP contribution in [0, 0.1) is 0 Å². The van der Waals surface area contributed by atoms with E-state index in [0.717, 1.165) is 5.56 Å². The number of amides is 1. The highest BCUT2D eigenvalue weighted by Crippen LogP contribution is 2.19. The molecule has 3 N–H and O–H groups in total. The molecule has 1 aromatic carbocycles. The lowest BCUT2D eigenvalue weighted by Gasteiger charge is -2.42. The van der Waals surface area contributed by atoms with Crippen LogP contribution >= 0.6 is 0 Å². The van der Waals surface area contributed by atoms with Crippen LogP contribution in [0.25, 0.3) is 0 Å². The van der Waals surface area contributed by atoms with Gasteiger partial charge in [0.2, 0.25) is 5.91 Å². The molecule has 1 aromatic rings. The highest BCUT2D eigenvalue weighted by atomic mass is 16.7. The number of carbonyl (C=O) groups excluding carboxylic acids is 1. The number of hydroxylamine groups is 2. The van der Waals surface area contributed by atoms with Crippen molar-refractivity contribution in [2.24, 2.45) is 5.73 Å². The van der Waals surface area contributed by atoms with Crippen molar-refractivity contribution in [1.82, 2.24) is 9.96 Å². The molecular formula is C14H21N3O3. The number of nitrogens with zero attached hydrogens (tertiary/aromatic N) is 2. The van der Waals surface area contributed by atoms with Crippen LogP contribution in [0.2, 0.25) is 0 Å². The Morgan fingerprint density at radius 3 is 2.75 bits per heavy atom. The number of aliphatic hydroxyl groups excluding tert-OH is 1. The van der Waals surface area contributed by atoms with Crippen molar-refractivity contribution in [3.63, 3.8) is 0 Å². The van der Waals surface area contributed by atoms with Crippen LogP contribution in [0.4, 0.5) is 0 Å². The first-order valence-electron chi connectivity index (χ1n) is 6.80. The third-order valence-corrected chi connectivity index (χ3v) is 3.51. The number of aliphatic hydroxyl groups is 1. The summed E-state index contributed by atoms with van der Waals surface area (Å²) in [6, 6.07) is 9.29. The molecule has 6 heteroatoms. The monoisotopic (exact) mass is 279 g/mol. The predicted molar refractivity (Wildman–Crippen MR) is 73.9 cm³/mol. The molecule has 1 fully saturated rings. The Kier molecular flexibility index (Phi) is 5.08. The van der Waals surface area contributed by atoms with Gasteiger partial charge < -0.3 is 10.8 Å². The fourth-order valence-electron chi connectivity index (χ4n) is 2.41. The second kappa shape index (κ2) is 6.81. The maximum atomic E-state index is 11.4. The van der Waals surface area contributed by atoms with Gasteiger partial charge in [0.25, 0.3) is 0 Å². The smallest absolute Gasteiger partial charge is 0.234 e. The van der Waals surface area contributed by atoms with Gasteiger partial charge >= 0.3 is 0 Å². The average molecular weight is 279 g/mol. The van der Waals surface area contributed by atoms with Crippen LogP contribution in [0.5, 0.6) is 0 Å². The van der Waals surface area contributed by atoms with E-state index >= 15 is 0 Å². The van der Waals surface area contributed by atoms with E-state index in [0.29, 0.717) is 26.1 Å². The lowest BCUT2D eigenvalue weighted by molar-refractivity contribution is -0.309. The Morgan fingerprint density at radius 1 is 1.45 bits per heavy atom. The van der Waals surface area contributed by atoms with Crippen LogP contribution in [0.3, 0.4) is 0 Å². The van der Waals surface area contributed by atoms with Crippen molar-refractivity contribution >= 4 is 5.91 Å². The molecule has 1 aliphatic heterocycles. The van der Waals surface area contributed by atoms with Gasteiger partial charge in [-0.15, -0.1) is 5.06 Å². The number of carbonyl (C=O) groups is 1. The van der Waals surface area contributed by atoms with Gasteiger partial charge in [0.05, 0.1) is 12.6 Å². The minimum atomic E-state index is -0.949. The molecule has 1 amide bonds. The summed E-state index contributed by atoms with van der Waals surface area (Å²) < 4.78 is 0. The second-order valence-electron chi connectivity index (χ2n) is 4.78. The van der Waals surface area contributed by atoms with Gasteiger partial charge in [-0.2, -0.15) is 0 Å². The summed E-state index contributed by atoms with van der Waals surface area (Å²) >= 11 is 0. The molecule has 0 radical (unpaired) electrons. The van der Waals surface area contributed by atoms with E-state index in [2.05, 4.69) is 0 Å². The van der Waals surface area contributed by atoms with Gasteiger partial charge in [0.15, 0.2) is 6.35 Å². The van der Waals surface area contributed by atoms with Crippen molar-refractivity contribution in [2.75, 3.05) is 13.1 Å². The molecule has 0 saturated carbocycles. The zero-order valence-electron chi connectivity index (χ0n) is 11.6. The lowest BCUT2D eigenvalue weighted by Crippen LogP contribution is -2.61. The maximum absolute atomic E-state index is 11.4. The summed E-state index contributed by atoms with van der Waals surface area (Å²) in [6.07, 6.45) is -0.398. The van der Waals surface area contributed by atoms with Crippen LogP contribution in [0.15, 0.2) is 30.3 Å². The van der Waals surface area contributed by atoms with E-state index in [1.54, 1.807) is 4.90 Å². The van der Waals surface area contributed by atoms with Crippen LogP contribution in [-0.4, -0.2) is 46.5 Å². The summed E-state index contributed by atoms with van der Waals surface area (Å²) in [5.74, 6) is -0.409. The molecule has 2 atom stereocenters. The molecule has 2 rings (SSSR count). The minimum absolute atomic E-state index is 0.386. The number of benzene rings is 1. The zero-order chi connectivity index (χ0) is 14.5. The number of hydrogen-bond acceptors (Lipinski definition) is 5. The van der Waals surface area contributed by atoms with Crippen LogP contribution in [-0.2, 0) is 16.2 Å². The van der Waals surface area contributed by atoms with Crippen molar-refractivity contribution in [3.05, 3.63) is 35.9 Å². The van der Waals surface area contributed by atoms with E-state index in [-0.39, 0.29) is 0 Å². The topological polar surface area (TPSA) is 79.0 Å². The summed E-state index contributed by atoms with van der Waals surface area (Å²) in [5.41, 5.74) is 6.38. The Balaban J connectivity index is 1.95. The summed E-state index contributed by atoms with van der Waals surface area (Å²) in [7, 11) is 0. The highest BCUT2D eigenvalue weighted by molar-refractivity contribution is 5.79. The Labute approximate surface area is 118 Å². The fraction of sp³-hybridized carbons (Fsp3) is 0.500. The minimum Gasteiger partial charge on any atom is -0.368 e. The van der Waals surface area contributed by atoms with Crippen molar-refractivity contribution < 1.29 is 14.7 Å². The zero-order valence-corrected chi connectivity index (χ0v) is 11.6. The summed E-state index contributed by atoms with van der Waals surface area (Å²) in [4.78, 5) is 18.6. The van der Waals surface area contributed by atoms with Gasteiger partial charge in [-0.3, -0.25) is 14.5 Å². The molecule has 1 heterocycles. The summed E-state index contributed by atoms with van der Waals surface area (Å²) in [6.45, 7) is 3.26. The molecular weight excluding hydrogens is 258 g/mol. The molecule has 6 nitrogen and oxygen atoms in total. The van der Waals surface area contributed by atoms with Gasteiger partial charge in [-0.25, -0.2) is 0 Å². The van der Waals surface area contributed by atoms with E-state index in [1.807, 2.05) is 37.3 Å². The standard InChI is InChI=1S/C14H21N3O3/c1-2-16-12(13(15)18)8-9-17(14(16)19)20-10-11-6-4-3-5-7-11/h3-7,12,14,19H,2,8-10H2,1H3,(H2,15,18). The SMILES string of the molecule is CCN1C(C(N)=O)CCN(OCc2ccccc2)C1O. The predicted octanol–water partition coefficient (Wildman–Crippen LogP) is 0.276. The van der Waals surface area contributed by atoms with Crippen LogP contribution < -0.4 is 5.73 Å². The fourth-order valence-corrected chi connectivity index (χ4v) is 2.41. The number of hydrogen-bond donors (Lipinski definition) is 2. The molecule has 0 spiro atoms. The first-order valence-corrected chi connectivity index (χ1v) is 6.80. The molecule has 0 aliphatic carbocycles. The molecule has 1 saturated heterocycles. The van der Waals surface area contributed by atoms with Gasteiger partial charge in [0, 0.05) is 6.54 Å². The van der Waals surface area contributed by atoms with E-state index < -0.39 is 18.3 Å². The molecule has 20 heavy (non-hydrogen) atoms. The van der Waals surface area contributed by atoms with Gasteiger partial charge in [-0.1, -0.05) is 37.3 Å².